The molecule has 0 bridgehead atoms. The van der Waals surface area contributed by atoms with Crippen molar-refractivity contribution in [2.75, 3.05) is 31.1 Å². The number of amides is 1. The minimum atomic E-state index is 0.124. The molecule has 0 aliphatic carbocycles. The number of hydrogen-bond acceptors (Lipinski definition) is 4. The predicted octanol–water partition coefficient (Wildman–Crippen LogP) is 3.61. The molecule has 3 heterocycles. The minimum absolute atomic E-state index is 0.124. The summed E-state index contributed by atoms with van der Waals surface area (Å²) in [4.78, 5) is 25.7. The third kappa shape index (κ3) is 3.93. The molecule has 2 aromatic rings. The SMILES string of the molecule is C[C@@H]1CN(C(=O)C2CCN(c3ccncn3)CC2)C[C@H]1c1ccc(Cl)cc1. The number of carbonyl (C=O) groups excluding carboxylic acids is 1. The maximum Gasteiger partial charge on any atom is 0.225 e. The van der Waals surface area contributed by atoms with Crippen molar-refractivity contribution in [3.8, 4) is 0 Å². The molecule has 2 aliphatic heterocycles. The molecule has 2 fully saturated rings. The number of halogens is 1. The Bertz CT molecular complexity index is 775. The topological polar surface area (TPSA) is 49.3 Å². The van der Waals surface area contributed by atoms with Crippen molar-refractivity contribution >= 4 is 23.3 Å². The van der Waals surface area contributed by atoms with Crippen LogP contribution in [0.1, 0.15) is 31.2 Å². The van der Waals surface area contributed by atoms with Gasteiger partial charge in [0.1, 0.15) is 12.1 Å². The number of likely N-dealkylation sites (tertiary alicyclic amines) is 1. The van der Waals surface area contributed by atoms with Crippen LogP contribution in [0.4, 0.5) is 5.82 Å². The van der Waals surface area contributed by atoms with Crippen LogP contribution >= 0.6 is 11.6 Å². The number of aromatic nitrogens is 2. The fourth-order valence-corrected chi connectivity index (χ4v) is 4.50. The Balaban J connectivity index is 1.36. The lowest BCUT2D eigenvalue weighted by Gasteiger charge is -2.33. The summed E-state index contributed by atoms with van der Waals surface area (Å²) in [6, 6.07) is 10.0. The van der Waals surface area contributed by atoms with Crippen LogP contribution in [0.3, 0.4) is 0 Å². The lowest BCUT2D eigenvalue weighted by Crippen LogP contribution is -2.42. The second kappa shape index (κ2) is 7.85. The van der Waals surface area contributed by atoms with Crippen molar-refractivity contribution in [1.29, 1.82) is 0 Å². The largest absolute Gasteiger partial charge is 0.356 e. The second-order valence-corrected chi connectivity index (χ2v) is 8.14. The number of anilines is 1. The summed E-state index contributed by atoms with van der Waals surface area (Å²) >= 11 is 6.02. The molecule has 5 nitrogen and oxygen atoms in total. The highest BCUT2D eigenvalue weighted by atomic mass is 35.5. The van der Waals surface area contributed by atoms with Gasteiger partial charge in [0.05, 0.1) is 0 Å². The van der Waals surface area contributed by atoms with Crippen molar-refractivity contribution in [2.45, 2.75) is 25.7 Å². The molecule has 6 heteroatoms. The molecular formula is C21H25ClN4O. The van der Waals surface area contributed by atoms with Crippen molar-refractivity contribution < 1.29 is 4.79 Å². The molecule has 0 unspecified atom stereocenters. The van der Waals surface area contributed by atoms with Crippen molar-refractivity contribution in [2.24, 2.45) is 11.8 Å². The molecule has 0 N–H and O–H groups in total. The summed E-state index contributed by atoms with van der Waals surface area (Å²) < 4.78 is 0. The molecule has 0 radical (unpaired) electrons. The molecule has 0 spiro atoms. The summed E-state index contributed by atoms with van der Waals surface area (Å²) in [5, 5.41) is 0.757. The molecule has 1 aromatic heterocycles. The standard InChI is InChI=1S/C21H25ClN4O/c1-15-12-26(13-19(15)16-2-4-18(22)5-3-16)21(27)17-7-10-25(11-8-17)20-6-9-23-14-24-20/h2-6,9,14-15,17,19H,7-8,10-13H2,1H3/t15-,19-/m1/s1. The van der Waals surface area contributed by atoms with Crippen LogP contribution in [0.2, 0.25) is 5.02 Å². The minimum Gasteiger partial charge on any atom is -0.356 e. The van der Waals surface area contributed by atoms with E-state index in [0.29, 0.717) is 17.7 Å². The van der Waals surface area contributed by atoms with Gasteiger partial charge in [0.15, 0.2) is 0 Å². The summed E-state index contributed by atoms with van der Waals surface area (Å²) in [6.45, 7) is 5.64. The maximum absolute atomic E-state index is 13.1. The molecule has 142 valence electrons. The van der Waals surface area contributed by atoms with E-state index in [0.717, 1.165) is 49.9 Å². The van der Waals surface area contributed by atoms with Crippen LogP contribution in [0, 0.1) is 11.8 Å². The summed E-state index contributed by atoms with van der Waals surface area (Å²) in [5.74, 6) is 2.26. The third-order valence-corrected chi connectivity index (χ3v) is 6.21. The Labute approximate surface area is 165 Å². The fraction of sp³-hybridized carbons (Fsp3) is 0.476. The summed E-state index contributed by atoms with van der Waals surface area (Å²) in [5.41, 5.74) is 1.28. The molecule has 27 heavy (non-hydrogen) atoms. The third-order valence-electron chi connectivity index (χ3n) is 5.96. The predicted molar refractivity (Wildman–Crippen MR) is 107 cm³/mol. The van der Waals surface area contributed by atoms with Crippen molar-refractivity contribution in [3.05, 3.63) is 53.4 Å². The van der Waals surface area contributed by atoms with Gasteiger partial charge in [-0.1, -0.05) is 30.7 Å². The molecule has 1 aromatic carbocycles. The Kier molecular flexibility index (Phi) is 5.30. The maximum atomic E-state index is 13.1. The Morgan fingerprint density at radius 1 is 1.11 bits per heavy atom. The molecule has 0 saturated carbocycles. The zero-order chi connectivity index (χ0) is 18.8. The Morgan fingerprint density at radius 3 is 2.52 bits per heavy atom. The van der Waals surface area contributed by atoms with Gasteiger partial charge in [-0.25, -0.2) is 9.97 Å². The second-order valence-electron chi connectivity index (χ2n) is 7.71. The van der Waals surface area contributed by atoms with Gasteiger partial charge in [0, 0.05) is 49.2 Å². The molecular weight excluding hydrogens is 360 g/mol. The van der Waals surface area contributed by atoms with Crippen LogP contribution in [-0.2, 0) is 4.79 Å². The molecule has 2 saturated heterocycles. The fourth-order valence-electron chi connectivity index (χ4n) is 4.38. The average molecular weight is 385 g/mol. The summed E-state index contributed by atoms with van der Waals surface area (Å²) in [6.07, 6.45) is 5.12. The highest BCUT2D eigenvalue weighted by Crippen LogP contribution is 2.34. The highest BCUT2D eigenvalue weighted by molar-refractivity contribution is 6.30. The first-order valence-corrected chi connectivity index (χ1v) is 10.0. The van der Waals surface area contributed by atoms with E-state index < -0.39 is 0 Å². The van der Waals surface area contributed by atoms with Gasteiger partial charge in [-0.05, 0) is 42.5 Å². The van der Waals surface area contributed by atoms with Crippen LogP contribution in [0.15, 0.2) is 42.9 Å². The Morgan fingerprint density at radius 2 is 1.85 bits per heavy atom. The molecule has 1 amide bonds. The van der Waals surface area contributed by atoms with Gasteiger partial charge in [0.2, 0.25) is 5.91 Å². The lowest BCUT2D eigenvalue weighted by atomic mass is 9.90. The van der Waals surface area contributed by atoms with Gasteiger partial charge < -0.3 is 9.80 Å². The number of nitrogens with zero attached hydrogens (tertiary/aromatic N) is 4. The molecule has 4 rings (SSSR count). The van der Waals surface area contributed by atoms with Crippen LogP contribution in [-0.4, -0.2) is 47.0 Å². The average Bonchev–Trinajstić information content (AvgIpc) is 3.10. The quantitative estimate of drug-likeness (QED) is 0.811. The molecule has 2 aliphatic rings. The van der Waals surface area contributed by atoms with Gasteiger partial charge in [-0.2, -0.15) is 0 Å². The van der Waals surface area contributed by atoms with E-state index >= 15 is 0 Å². The van der Waals surface area contributed by atoms with Gasteiger partial charge in [-0.15, -0.1) is 0 Å². The van der Waals surface area contributed by atoms with E-state index in [-0.39, 0.29) is 5.92 Å². The first-order valence-electron chi connectivity index (χ1n) is 9.67. The number of piperidine rings is 1. The highest BCUT2D eigenvalue weighted by Gasteiger charge is 2.37. The first-order chi connectivity index (χ1) is 13.1. The van der Waals surface area contributed by atoms with E-state index in [9.17, 15) is 4.79 Å². The van der Waals surface area contributed by atoms with Crippen molar-refractivity contribution in [1.82, 2.24) is 14.9 Å². The van der Waals surface area contributed by atoms with Crippen LogP contribution in [0.25, 0.3) is 0 Å². The monoisotopic (exact) mass is 384 g/mol. The van der Waals surface area contributed by atoms with Crippen LogP contribution < -0.4 is 4.90 Å². The smallest absolute Gasteiger partial charge is 0.225 e. The first kappa shape index (κ1) is 18.2. The number of benzene rings is 1. The number of carbonyl (C=O) groups is 1. The van der Waals surface area contributed by atoms with E-state index in [4.69, 9.17) is 11.6 Å². The van der Waals surface area contributed by atoms with Gasteiger partial charge in [-0.3, -0.25) is 4.79 Å². The van der Waals surface area contributed by atoms with Crippen LogP contribution in [0.5, 0.6) is 0 Å². The number of hydrogen-bond donors (Lipinski definition) is 0. The van der Waals surface area contributed by atoms with E-state index in [2.05, 4.69) is 38.8 Å². The van der Waals surface area contributed by atoms with E-state index in [1.807, 2.05) is 18.2 Å². The lowest BCUT2D eigenvalue weighted by molar-refractivity contribution is -0.135. The molecule has 2 atom stereocenters. The zero-order valence-corrected chi connectivity index (χ0v) is 16.3. The van der Waals surface area contributed by atoms with E-state index in [1.54, 1.807) is 12.5 Å². The Hall–Kier alpha value is -2.14. The normalized spacial score (nSPS) is 23.6. The van der Waals surface area contributed by atoms with Gasteiger partial charge in [0.25, 0.3) is 0 Å². The zero-order valence-electron chi connectivity index (χ0n) is 15.6. The van der Waals surface area contributed by atoms with Crippen molar-refractivity contribution in [3.63, 3.8) is 0 Å². The number of rotatable bonds is 3. The summed E-state index contributed by atoms with van der Waals surface area (Å²) in [7, 11) is 0. The van der Waals surface area contributed by atoms with E-state index in [1.165, 1.54) is 5.56 Å². The van der Waals surface area contributed by atoms with Gasteiger partial charge >= 0.3 is 0 Å².